The maximum atomic E-state index is 12.6. The van der Waals surface area contributed by atoms with Crippen LogP contribution in [0, 0.1) is 0 Å². The SMILES string of the molecule is CCCCNC(=O)[C@@H]1Cc2ccccc2N1C(=O)C(N)CC. The summed E-state index contributed by atoms with van der Waals surface area (Å²) in [5.74, 6) is -0.274. The number of nitrogens with two attached hydrogens (primary N) is 1. The zero-order valence-corrected chi connectivity index (χ0v) is 13.3. The average Bonchev–Trinajstić information content (AvgIpc) is 2.93. The number of nitrogens with zero attached hydrogens (tertiary/aromatic N) is 1. The number of nitrogens with one attached hydrogen (secondary N) is 1. The largest absolute Gasteiger partial charge is 0.354 e. The summed E-state index contributed by atoms with van der Waals surface area (Å²) < 4.78 is 0. The van der Waals surface area contributed by atoms with E-state index in [1.165, 1.54) is 0 Å². The molecule has 0 aromatic heterocycles. The van der Waals surface area contributed by atoms with E-state index in [4.69, 9.17) is 5.73 Å². The Morgan fingerprint density at radius 1 is 1.36 bits per heavy atom. The van der Waals surface area contributed by atoms with Gasteiger partial charge in [-0.15, -0.1) is 0 Å². The second kappa shape index (κ2) is 7.40. The van der Waals surface area contributed by atoms with Crippen molar-refractivity contribution in [2.45, 2.75) is 51.6 Å². The van der Waals surface area contributed by atoms with Crippen molar-refractivity contribution in [3.8, 4) is 0 Å². The van der Waals surface area contributed by atoms with Crippen LogP contribution in [-0.2, 0) is 16.0 Å². The second-order valence-electron chi connectivity index (χ2n) is 5.72. The quantitative estimate of drug-likeness (QED) is 0.784. The fourth-order valence-corrected chi connectivity index (χ4v) is 2.73. The van der Waals surface area contributed by atoms with Crippen LogP contribution >= 0.6 is 0 Å². The smallest absolute Gasteiger partial charge is 0.244 e. The number of carbonyl (C=O) groups excluding carboxylic acids is 2. The first-order valence-corrected chi connectivity index (χ1v) is 8.04. The lowest BCUT2D eigenvalue weighted by atomic mass is 10.1. The molecule has 1 aromatic carbocycles. The first kappa shape index (κ1) is 16.5. The van der Waals surface area contributed by atoms with Crippen LogP contribution in [0.1, 0.15) is 38.7 Å². The second-order valence-corrected chi connectivity index (χ2v) is 5.72. The summed E-state index contributed by atoms with van der Waals surface area (Å²) in [5.41, 5.74) is 7.75. The van der Waals surface area contributed by atoms with Crippen LogP contribution in [0.2, 0.25) is 0 Å². The topological polar surface area (TPSA) is 75.4 Å². The highest BCUT2D eigenvalue weighted by atomic mass is 16.2. The molecule has 1 heterocycles. The molecule has 1 aliphatic heterocycles. The van der Waals surface area contributed by atoms with Gasteiger partial charge >= 0.3 is 0 Å². The lowest BCUT2D eigenvalue weighted by molar-refractivity contribution is -0.126. The Kier molecular flexibility index (Phi) is 5.55. The molecule has 3 N–H and O–H groups in total. The molecule has 0 fully saturated rings. The van der Waals surface area contributed by atoms with Gasteiger partial charge in [-0.2, -0.15) is 0 Å². The molecule has 120 valence electrons. The molecule has 2 atom stereocenters. The van der Waals surface area contributed by atoms with Gasteiger partial charge in [-0.3, -0.25) is 14.5 Å². The van der Waals surface area contributed by atoms with Crippen molar-refractivity contribution in [2.24, 2.45) is 5.73 Å². The van der Waals surface area contributed by atoms with Crippen molar-refractivity contribution in [3.05, 3.63) is 29.8 Å². The Morgan fingerprint density at radius 3 is 2.77 bits per heavy atom. The van der Waals surface area contributed by atoms with Crippen LogP contribution in [0.15, 0.2) is 24.3 Å². The van der Waals surface area contributed by atoms with E-state index < -0.39 is 12.1 Å². The molecule has 2 amide bonds. The molecule has 22 heavy (non-hydrogen) atoms. The molecule has 0 bridgehead atoms. The van der Waals surface area contributed by atoms with E-state index >= 15 is 0 Å². The minimum absolute atomic E-state index is 0.0960. The number of unbranched alkanes of at least 4 members (excludes halogenated alkanes) is 1. The summed E-state index contributed by atoms with van der Waals surface area (Å²) in [6.45, 7) is 4.60. The van der Waals surface area contributed by atoms with E-state index in [2.05, 4.69) is 12.2 Å². The maximum absolute atomic E-state index is 12.6. The summed E-state index contributed by atoms with van der Waals surface area (Å²) in [4.78, 5) is 26.7. The van der Waals surface area contributed by atoms with Crippen LogP contribution in [0.3, 0.4) is 0 Å². The fraction of sp³-hybridized carbons (Fsp3) is 0.529. The standard InChI is InChI=1S/C17H25N3O2/c1-3-5-10-19-16(21)15-11-12-8-6-7-9-14(12)20(15)17(22)13(18)4-2/h6-9,13,15H,3-5,10-11,18H2,1-2H3,(H,19,21)/t13?,15-/m0/s1. The van der Waals surface area contributed by atoms with E-state index in [9.17, 15) is 9.59 Å². The predicted octanol–water partition coefficient (Wildman–Crippen LogP) is 1.60. The van der Waals surface area contributed by atoms with Crippen molar-refractivity contribution in [3.63, 3.8) is 0 Å². The van der Waals surface area contributed by atoms with E-state index in [1.54, 1.807) is 4.90 Å². The van der Waals surface area contributed by atoms with Gasteiger partial charge in [0.05, 0.1) is 6.04 Å². The van der Waals surface area contributed by atoms with Crippen molar-refractivity contribution in [1.29, 1.82) is 0 Å². The molecule has 0 aliphatic carbocycles. The zero-order valence-electron chi connectivity index (χ0n) is 13.3. The molecule has 0 saturated carbocycles. The first-order chi connectivity index (χ1) is 10.6. The molecule has 2 rings (SSSR count). The van der Waals surface area contributed by atoms with Gasteiger partial charge in [0.15, 0.2) is 0 Å². The molecule has 5 nitrogen and oxygen atoms in total. The van der Waals surface area contributed by atoms with Gasteiger partial charge in [-0.1, -0.05) is 38.5 Å². The number of anilines is 1. The van der Waals surface area contributed by atoms with E-state index in [0.29, 0.717) is 19.4 Å². The van der Waals surface area contributed by atoms with Crippen molar-refractivity contribution < 1.29 is 9.59 Å². The highest BCUT2D eigenvalue weighted by Gasteiger charge is 2.39. The third-order valence-corrected chi connectivity index (χ3v) is 4.10. The van der Waals surface area contributed by atoms with Gasteiger partial charge < -0.3 is 11.1 Å². The van der Waals surface area contributed by atoms with E-state index in [1.807, 2.05) is 31.2 Å². The summed E-state index contributed by atoms with van der Waals surface area (Å²) in [6.07, 6.45) is 3.07. The van der Waals surface area contributed by atoms with Crippen molar-refractivity contribution >= 4 is 17.5 Å². The van der Waals surface area contributed by atoms with E-state index in [-0.39, 0.29) is 11.8 Å². The maximum Gasteiger partial charge on any atom is 0.244 e. The molecule has 1 aromatic rings. The number of benzene rings is 1. The van der Waals surface area contributed by atoms with Crippen LogP contribution in [-0.4, -0.2) is 30.4 Å². The first-order valence-electron chi connectivity index (χ1n) is 8.04. The third kappa shape index (κ3) is 3.30. The van der Waals surface area contributed by atoms with Crippen molar-refractivity contribution in [1.82, 2.24) is 5.32 Å². The Morgan fingerprint density at radius 2 is 2.09 bits per heavy atom. The lowest BCUT2D eigenvalue weighted by Crippen LogP contribution is -2.53. The summed E-state index contributed by atoms with van der Waals surface area (Å²) >= 11 is 0. The Hall–Kier alpha value is -1.88. The Balaban J connectivity index is 2.22. The van der Waals surface area contributed by atoms with Crippen LogP contribution in [0.4, 0.5) is 5.69 Å². The molecular weight excluding hydrogens is 278 g/mol. The number of para-hydroxylation sites is 1. The van der Waals surface area contributed by atoms with Gasteiger partial charge in [0, 0.05) is 18.7 Å². The molecule has 1 aliphatic rings. The van der Waals surface area contributed by atoms with Gasteiger partial charge in [0.25, 0.3) is 0 Å². The average molecular weight is 303 g/mol. The number of rotatable bonds is 6. The zero-order chi connectivity index (χ0) is 16.1. The number of hydrogen-bond acceptors (Lipinski definition) is 3. The normalized spacial score (nSPS) is 18.0. The van der Waals surface area contributed by atoms with Crippen molar-refractivity contribution in [2.75, 3.05) is 11.4 Å². The molecule has 0 radical (unpaired) electrons. The minimum Gasteiger partial charge on any atom is -0.354 e. The highest BCUT2D eigenvalue weighted by Crippen LogP contribution is 2.32. The van der Waals surface area contributed by atoms with Gasteiger partial charge in [0.1, 0.15) is 6.04 Å². The Bertz CT molecular complexity index is 544. The lowest BCUT2D eigenvalue weighted by Gasteiger charge is -2.27. The molecule has 1 unspecified atom stereocenters. The minimum atomic E-state index is -0.572. The fourth-order valence-electron chi connectivity index (χ4n) is 2.73. The third-order valence-electron chi connectivity index (χ3n) is 4.10. The van der Waals surface area contributed by atoms with Gasteiger partial charge in [-0.05, 0) is 24.5 Å². The molecule has 0 saturated heterocycles. The number of fused-ring (bicyclic) bond motifs is 1. The Labute approximate surface area is 131 Å². The summed E-state index contributed by atoms with van der Waals surface area (Å²) in [5, 5.41) is 2.93. The monoisotopic (exact) mass is 303 g/mol. The van der Waals surface area contributed by atoms with Crippen LogP contribution in [0.25, 0.3) is 0 Å². The van der Waals surface area contributed by atoms with Crippen LogP contribution < -0.4 is 16.0 Å². The number of hydrogen-bond donors (Lipinski definition) is 2. The summed E-state index contributed by atoms with van der Waals surface area (Å²) in [6, 6.07) is 6.60. The molecule has 0 spiro atoms. The van der Waals surface area contributed by atoms with Crippen LogP contribution in [0.5, 0.6) is 0 Å². The number of amides is 2. The predicted molar refractivity (Wildman–Crippen MR) is 87.6 cm³/mol. The number of carbonyl (C=O) groups is 2. The van der Waals surface area contributed by atoms with Gasteiger partial charge in [-0.25, -0.2) is 0 Å². The highest BCUT2D eigenvalue weighted by molar-refractivity contribution is 6.05. The molecule has 5 heteroatoms. The summed E-state index contributed by atoms with van der Waals surface area (Å²) in [7, 11) is 0. The molecular formula is C17H25N3O2. The van der Waals surface area contributed by atoms with E-state index in [0.717, 1.165) is 24.1 Å². The van der Waals surface area contributed by atoms with Gasteiger partial charge in [0.2, 0.25) is 11.8 Å².